The quantitative estimate of drug-likeness (QED) is 0.859. The summed E-state index contributed by atoms with van der Waals surface area (Å²) < 4.78 is 10.4. The van der Waals surface area contributed by atoms with Crippen LogP contribution in [-0.2, 0) is 9.59 Å². The topological polar surface area (TPSA) is 76.7 Å². The molecule has 6 nitrogen and oxygen atoms in total. The van der Waals surface area contributed by atoms with Gasteiger partial charge in [0.05, 0.1) is 7.11 Å². The third-order valence-electron chi connectivity index (χ3n) is 2.92. The highest BCUT2D eigenvalue weighted by atomic mass is 16.5. The minimum absolute atomic E-state index is 0.106. The van der Waals surface area contributed by atoms with Gasteiger partial charge in [-0.1, -0.05) is 0 Å². The van der Waals surface area contributed by atoms with Crippen molar-refractivity contribution < 1.29 is 19.1 Å². The molecule has 6 heteroatoms. The van der Waals surface area contributed by atoms with Gasteiger partial charge in [-0.05, 0) is 48.5 Å². The zero-order valence-electron chi connectivity index (χ0n) is 13.0. The van der Waals surface area contributed by atoms with E-state index in [9.17, 15) is 9.59 Å². The molecule has 0 saturated heterocycles. The Labute approximate surface area is 134 Å². The second-order valence-corrected chi connectivity index (χ2v) is 4.77. The van der Waals surface area contributed by atoms with E-state index in [1.54, 1.807) is 55.6 Å². The maximum absolute atomic E-state index is 11.8. The number of anilines is 2. The van der Waals surface area contributed by atoms with Crippen LogP contribution in [0.3, 0.4) is 0 Å². The predicted octanol–water partition coefficient (Wildman–Crippen LogP) is 2.67. The zero-order valence-corrected chi connectivity index (χ0v) is 13.0. The molecule has 120 valence electrons. The lowest BCUT2D eigenvalue weighted by atomic mass is 10.3. The Bertz CT molecular complexity index is 666. The molecular weight excluding hydrogens is 296 g/mol. The molecule has 0 aliphatic heterocycles. The molecule has 2 amide bonds. The van der Waals surface area contributed by atoms with Crippen molar-refractivity contribution in [3.63, 3.8) is 0 Å². The molecule has 0 aliphatic rings. The SMILES string of the molecule is COc1ccc(NC(=O)COc2ccc(NC(C)=O)cc2)cc1. The first-order valence-corrected chi connectivity index (χ1v) is 7.01. The lowest BCUT2D eigenvalue weighted by Gasteiger charge is -2.09. The van der Waals surface area contributed by atoms with Gasteiger partial charge in [0, 0.05) is 18.3 Å². The molecule has 23 heavy (non-hydrogen) atoms. The highest BCUT2D eigenvalue weighted by Crippen LogP contribution is 2.17. The molecule has 0 heterocycles. The fourth-order valence-electron chi connectivity index (χ4n) is 1.86. The number of carbonyl (C=O) groups is 2. The summed E-state index contributed by atoms with van der Waals surface area (Å²) in [7, 11) is 1.58. The number of amides is 2. The van der Waals surface area contributed by atoms with Crippen molar-refractivity contribution in [1.29, 1.82) is 0 Å². The maximum atomic E-state index is 11.8. The first-order chi connectivity index (χ1) is 11.1. The maximum Gasteiger partial charge on any atom is 0.262 e. The second kappa shape index (κ2) is 7.84. The van der Waals surface area contributed by atoms with Crippen LogP contribution in [0.5, 0.6) is 11.5 Å². The molecule has 0 fully saturated rings. The summed E-state index contributed by atoms with van der Waals surface area (Å²) in [5.41, 5.74) is 1.34. The van der Waals surface area contributed by atoms with E-state index in [1.165, 1.54) is 6.92 Å². The fourth-order valence-corrected chi connectivity index (χ4v) is 1.86. The van der Waals surface area contributed by atoms with E-state index in [0.29, 0.717) is 17.1 Å². The van der Waals surface area contributed by atoms with E-state index in [1.807, 2.05) is 0 Å². The van der Waals surface area contributed by atoms with E-state index >= 15 is 0 Å². The number of nitrogens with one attached hydrogen (secondary N) is 2. The molecular formula is C17H18N2O4. The lowest BCUT2D eigenvalue weighted by molar-refractivity contribution is -0.118. The average Bonchev–Trinajstić information content (AvgIpc) is 2.54. The Morgan fingerprint density at radius 3 is 1.91 bits per heavy atom. The van der Waals surface area contributed by atoms with Gasteiger partial charge >= 0.3 is 0 Å². The van der Waals surface area contributed by atoms with Crippen molar-refractivity contribution in [2.24, 2.45) is 0 Å². The number of methoxy groups -OCH3 is 1. The minimum atomic E-state index is -0.263. The van der Waals surface area contributed by atoms with Crippen LogP contribution in [0.25, 0.3) is 0 Å². The zero-order chi connectivity index (χ0) is 16.7. The Balaban J connectivity index is 1.82. The normalized spacial score (nSPS) is 9.83. The molecule has 0 spiro atoms. The standard InChI is InChI=1S/C17H18N2O4/c1-12(20)18-13-5-9-16(10-6-13)23-11-17(21)19-14-3-7-15(22-2)8-4-14/h3-10H,11H2,1-2H3,(H,18,20)(H,19,21). The Kier molecular flexibility index (Phi) is 5.57. The summed E-state index contributed by atoms with van der Waals surface area (Å²) in [6.45, 7) is 1.33. The molecule has 2 rings (SSSR count). The van der Waals surface area contributed by atoms with Gasteiger partial charge in [-0.3, -0.25) is 9.59 Å². The van der Waals surface area contributed by atoms with Gasteiger partial charge in [0.15, 0.2) is 6.61 Å². The first kappa shape index (κ1) is 16.4. The summed E-state index contributed by atoms with van der Waals surface area (Å²) in [5, 5.41) is 5.38. The van der Waals surface area contributed by atoms with Gasteiger partial charge in [-0.2, -0.15) is 0 Å². The van der Waals surface area contributed by atoms with Gasteiger partial charge in [-0.25, -0.2) is 0 Å². The van der Waals surface area contributed by atoms with Crippen LogP contribution in [-0.4, -0.2) is 25.5 Å². The van der Waals surface area contributed by atoms with Crippen LogP contribution in [0.4, 0.5) is 11.4 Å². The minimum Gasteiger partial charge on any atom is -0.497 e. The van der Waals surface area contributed by atoms with E-state index in [4.69, 9.17) is 9.47 Å². The third-order valence-corrected chi connectivity index (χ3v) is 2.92. The molecule has 0 unspecified atom stereocenters. The molecule has 0 bridgehead atoms. The molecule has 2 aromatic carbocycles. The summed E-state index contributed by atoms with van der Waals surface area (Å²) in [5.74, 6) is 0.862. The van der Waals surface area contributed by atoms with Crippen LogP contribution in [0, 0.1) is 0 Å². The Hall–Kier alpha value is -3.02. The lowest BCUT2D eigenvalue weighted by Crippen LogP contribution is -2.20. The van der Waals surface area contributed by atoms with Crippen molar-refractivity contribution in [2.45, 2.75) is 6.92 Å². The smallest absolute Gasteiger partial charge is 0.262 e. The van der Waals surface area contributed by atoms with Gasteiger partial charge in [-0.15, -0.1) is 0 Å². The van der Waals surface area contributed by atoms with Crippen LogP contribution >= 0.6 is 0 Å². The highest BCUT2D eigenvalue weighted by molar-refractivity contribution is 5.92. The summed E-state index contributed by atoms with van der Waals surface area (Å²) >= 11 is 0. The molecule has 0 aromatic heterocycles. The third kappa shape index (κ3) is 5.35. The van der Waals surface area contributed by atoms with Gasteiger partial charge in [0.25, 0.3) is 5.91 Å². The van der Waals surface area contributed by atoms with Crippen molar-refractivity contribution in [2.75, 3.05) is 24.4 Å². The number of hydrogen-bond acceptors (Lipinski definition) is 4. The second-order valence-electron chi connectivity index (χ2n) is 4.77. The number of carbonyl (C=O) groups excluding carboxylic acids is 2. The van der Waals surface area contributed by atoms with E-state index in [-0.39, 0.29) is 18.4 Å². The summed E-state index contributed by atoms with van der Waals surface area (Å²) in [6.07, 6.45) is 0. The molecule has 0 atom stereocenters. The van der Waals surface area contributed by atoms with Gasteiger partial charge < -0.3 is 20.1 Å². The van der Waals surface area contributed by atoms with Gasteiger partial charge in [0.1, 0.15) is 11.5 Å². The first-order valence-electron chi connectivity index (χ1n) is 7.01. The number of hydrogen-bond donors (Lipinski definition) is 2. The number of ether oxygens (including phenoxy) is 2. The van der Waals surface area contributed by atoms with E-state index < -0.39 is 0 Å². The summed E-state index contributed by atoms with van der Waals surface area (Å²) in [6, 6.07) is 13.8. The van der Waals surface area contributed by atoms with E-state index in [2.05, 4.69) is 10.6 Å². The highest BCUT2D eigenvalue weighted by Gasteiger charge is 2.04. The summed E-state index contributed by atoms with van der Waals surface area (Å²) in [4.78, 5) is 22.8. The van der Waals surface area contributed by atoms with Crippen molar-refractivity contribution in [3.8, 4) is 11.5 Å². The fraction of sp³-hybridized carbons (Fsp3) is 0.176. The van der Waals surface area contributed by atoms with E-state index in [0.717, 1.165) is 5.75 Å². The Morgan fingerprint density at radius 1 is 0.870 bits per heavy atom. The van der Waals surface area contributed by atoms with Crippen molar-refractivity contribution >= 4 is 23.2 Å². The van der Waals surface area contributed by atoms with Crippen molar-refractivity contribution in [3.05, 3.63) is 48.5 Å². The average molecular weight is 314 g/mol. The molecule has 2 aromatic rings. The molecule has 2 N–H and O–H groups in total. The van der Waals surface area contributed by atoms with Crippen LogP contribution in [0.2, 0.25) is 0 Å². The molecule has 0 aliphatic carbocycles. The molecule has 0 radical (unpaired) electrons. The van der Waals surface area contributed by atoms with Gasteiger partial charge in [0.2, 0.25) is 5.91 Å². The van der Waals surface area contributed by atoms with Crippen LogP contribution < -0.4 is 20.1 Å². The predicted molar refractivity (Wildman–Crippen MR) is 87.9 cm³/mol. The monoisotopic (exact) mass is 314 g/mol. The largest absolute Gasteiger partial charge is 0.497 e. The molecule has 0 saturated carbocycles. The van der Waals surface area contributed by atoms with Crippen LogP contribution in [0.15, 0.2) is 48.5 Å². The van der Waals surface area contributed by atoms with Crippen molar-refractivity contribution in [1.82, 2.24) is 0 Å². The van der Waals surface area contributed by atoms with Crippen LogP contribution in [0.1, 0.15) is 6.92 Å². The Morgan fingerprint density at radius 2 is 1.39 bits per heavy atom. The number of benzene rings is 2. The number of rotatable bonds is 6.